The summed E-state index contributed by atoms with van der Waals surface area (Å²) in [6.45, 7) is 8.29. The lowest BCUT2D eigenvalue weighted by molar-refractivity contribution is 0.461. The Morgan fingerprint density at radius 1 is 0.720 bits per heavy atom. The molecule has 25 heavy (non-hydrogen) atoms. The number of rotatable bonds is 7. The van der Waals surface area contributed by atoms with Crippen molar-refractivity contribution in [1.29, 1.82) is 0 Å². The van der Waals surface area contributed by atoms with Gasteiger partial charge in [-0.25, -0.2) is 0 Å². The number of phenolic OH excluding ortho intramolecular Hbond substituents is 2. The van der Waals surface area contributed by atoms with Crippen molar-refractivity contribution in [2.75, 3.05) is 0 Å². The van der Waals surface area contributed by atoms with Crippen LogP contribution in [0.4, 0.5) is 0 Å². The van der Waals surface area contributed by atoms with Crippen LogP contribution in [0.15, 0.2) is 24.3 Å². The minimum Gasteiger partial charge on any atom is -0.507 e. The minimum atomic E-state index is 0.183. The Bertz CT molecular complexity index is 687. The lowest BCUT2D eigenvalue weighted by atomic mass is 9.94. The molecule has 0 aliphatic heterocycles. The summed E-state index contributed by atoms with van der Waals surface area (Å²) in [5.74, 6) is 0.894. The number of alkyl halides is 1. The minimum absolute atomic E-state index is 0.183. The normalized spacial score (nSPS) is 12.4. The van der Waals surface area contributed by atoms with Gasteiger partial charge in [0, 0.05) is 4.83 Å². The Morgan fingerprint density at radius 3 is 1.44 bits per heavy atom. The van der Waals surface area contributed by atoms with E-state index in [0.717, 1.165) is 54.4 Å². The molecule has 0 aliphatic carbocycles. The zero-order chi connectivity index (χ0) is 18.6. The summed E-state index contributed by atoms with van der Waals surface area (Å²) < 4.78 is 0. The Hall–Kier alpha value is -1.48. The molecule has 0 bridgehead atoms. The van der Waals surface area contributed by atoms with E-state index in [1.165, 1.54) is 11.1 Å². The van der Waals surface area contributed by atoms with E-state index in [0.29, 0.717) is 11.5 Å². The van der Waals surface area contributed by atoms with Gasteiger partial charge < -0.3 is 10.2 Å². The Morgan fingerprint density at radius 2 is 1.08 bits per heavy atom. The highest BCUT2D eigenvalue weighted by Crippen LogP contribution is 2.35. The lowest BCUT2D eigenvalue weighted by Gasteiger charge is -2.17. The molecule has 1 unspecified atom stereocenters. The molecule has 2 aromatic rings. The summed E-state index contributed by atoms with van der Waals surface area (Å²) in [5, 5.41) is 20.6. The van der Waals surface area contributed by atoms with Crippen molar-refractivity contribution in [3.05, 3.63) is 57.6 Å². The van der Waals surface area contributed by atoms with Crippen molar-refractivity contribution in [3.8, 4) is 11.5 Å². The predicted molar refractivity (Wildman–Crippen MR) is 109 cm³/mol. The molecule has 2 N–H and O–H groups in total. The molecular weight excluding hydrogens is 376 g/mol. The molecule has 3 heteroatoms. The molecule has 0 radical (unpaired) electrons. The molecule has 136 valence electrons. The summed E-state index contributed by atoms with van der Waals surface area (Å²) in [4.78, 5) is 0.183. The Kier molecular flexibility index (Phi) is 6.95. The van der Waals surface area contributed by atoms with E-state index in [9.17, 15) is 10.2 Å². The smallest absolute Gasteiger partial charge is 0.121 e. The first-order chi connectivity index (χ1) is 11.9. The van der Waals surface area contributed by atoms with Crippen molar-refractivity contribution in [3.63, 3.8) is 0 Å². The highest BCUT2D eigenvalue weighted by atomic mass is 79.9. The molecule has 2 rings (SSSR count). The van der Waals surface area contributed by atoms with Crippen LogP contribution < -0.4 is 0 Å². The number of phenols is 2. The molecule has 0 saturated carbocycles. The van der Waals surface area contributed by atoms with Gasteiger partial charge in [0.1, 0.15) is 11.5 Å². The maximum atomic E-state index is 10.3. The summed E-state index contributed by atoms with van der Waals surface area (Å²) in [7, 11) is 0. The third kappa shape index (κ3) is 4.38. The SMILES string of the molecule is CCc1cc(CC(Br)c2cc(CC)c(O)c(CC)c2)cc(CC)c1O. The first kappa shape index (κ1) is 19.8. The molecule has 2 nitrogen and oxygen atoms in total. The summed E-state index contributed by atoms with van der Waals surface area (Å²) in [6.07, 6.45) is 4.17. The van der Waals surface area contributed by atoms with Crippen molar-refractivity contribution in [2.45, 2.75) is 64.6 Å². The summed E-state index contributed by atoms with van der Waals surface area (Å²) >= 11 is 3.84. The van der Waals surface area contributed by atoms with Crippen molar-refractivity contribution < 1.29 is 10.2 Å². The number of aromatic hydroxyl groups is 2. The largest absolute Gasteiger partial charge is 0.507 e. The van der Waals surface area contributed by atoms with Gasteiger partial charge in [-0.05, 0) is 65.5 Å². The maximum absolute atomic E-state index is 10.3. The Labute approximate surface area is 160 Å². The van der Waals surface area contributed by atoms with Crippen LogP contribution >= 0.6 is 15.9 Å². The van der Waals surface area contributed by atoms with Gasteiger partial charge >= 0.3 is 0 Å². The van der Waals surface area contributed by atoms with Crippen LogP contribution in [0.3, 0.4) is 0 Å². The number of aryl methyl sites for hydroxylation is 4. The van der Waals surface area contributed by atoms with Crippen LogP contribution in [0.5, 0.6) is 11.5 Å². The first-order valence-electron chi connectivity index (χ1n) is 9.27. The van der Waals surface area contributed by atoms with Crippen LogP contribution in [0, 0.1) is 0 Å². The van der Waals surface area contributed by atoms with E-state index in [4.69, 9.17) is 0 Å². The average molecular weight is 405 g/mol. The number of benzene rings is 2. The van der Waals surface area contributed by atoms with E-state index in [1.54, 1.807) is 0 Å². The van der Waals surface area contributed by atoms with Crippen molar-refractivity contribution in [2.24, 2.45) is 0 Å². The standard InChI is InChI=1S/C22H29BrO2/c1-5-15-9-14(10-16(6-2)21(15)24)11-20(23)19-12-17(7-3)22(25)18(8-4)13-19/h9-10,12-13,20,24-25H,5-8,11H2,1-4H3. The van der Waals surface area contributed by atoms with Crippen LogP contribution in [-0.4, -0.2) is 10.2 Å². The molecule has 0 saturated heterocycles. The molecule has 0 fully saturated rings. The quantitative estimate of drug-likeness (QED) is 0.553. The van der Waals surface area contributed by atoms with E-state index >= 15 is 0 Å². The molecular formula is C22H29BrO2. The molecule has 1 atom stereocenters. The van der Waals surface area contributed by atoms with Gasteiger partial charge in [-0.1, -0.05) is 67.9 Å². The van der Waals surface area contributed by atoms with Crippen LogP contribution in [-0.2, 0) is 32.1 Å². The third-order valence-electron chi connectivity index (χ3n) is 4.92. The van der Waals surface area contributed by atoms with Crippen LogP contribution in [0.25, 0.3) is 0 Å². The van der Waals surface area contributed by atoms with E-state index < -0.39 is 0 Å². The molecule has 0 spiro atoms. The Balaban J connectivity index is 2.35. The fourth-order valence-corrected chi connectivity index (χ4v) is 3.96. The third-order valence-corrected chi connectivity index (χ3v) is 5.77. The molecule has 0 heterocycles. The van der Waals surface area contributed by atoms with Gasteiger partial charge in [0.05, 0.1) is 0 Å². The molecule has 0 aliphatic rings. The van der Waals surface area contributed by atoms with Gasteiger partial charge in [0.15, 0.2) is 0 Å². The lowest BCUT2D eigenvalue weighted by Crippen LogP contribution is -2.01. The molecule has 0 amide bonds. The van der Waals surface area contributed by atoms with E-state index in [1.807, 2.05) is 0 Å². The number of hydrogen-bond donors (Lipinski definition) is 2. The predicted octanol–water partition coefficient (Wildman–Crippen LogP) is 6.03. The fraction of sp³-hybridized carbons (Fsp3) is 0.455. The van der Waals surface area contributed by atoms with Crippen LogP contribution in [0.2, 0.25) is 0 Å². The second-order valence-electron chi connectivity index (χ2n) is 6.54. The zero-order valence-electron chi connectivity index (χ0n) is 15.7. The van der Waals surface area contributed by atoms with E-state index in [-0.39, 0.29) is 4.83 Å². The summed E-state index contributed by atoms with van der Waals surface area (Å²) in [6, 6.07) is 8.45. The number of halogens is 1. The van der Waals surface area contributed by atoms with Gasteiger partial charge in [-0.15, -0.1) is 0 Å². The average Bonchev–Trinajstić information content (AvgIpc) is 2.62. The van der Waals surface area contributed by atoms with Gasteiger partial charge in [0.2, 0.25) is 0 Å². The maximum Gasteiger partial charge on any atom is 0.121 e. The van der Waals surface area contributed by atoms with Crippen molar-refractivity contribution >= 4 is 15.9 Å². The fourth-order valence-electron chi connectivity index (χ4n) is 3.32. The molecule has 2 aromatic carbocycles. The number of hydrogen-bond acceptors (Lipinski definition) is 2. The van der Waals surface area contributed by atoms with Gasteiger partial charge in [-0.3, -0.25) is 0 Å². The second kappa shape index (κ2) is 8.75. The highest BCUT2D eigenvalue weighted by Gasteiger charge is 2.16. The topological polar surface area (TPSA) is 40.5 Å². The molecule has 0 aromatic heterocycles. The van der Waals surface area contributed by atoms with Crippen LogP contribution in [0.1, 0.15) is 65.9 Å². The van der Waals surface area contributed by atoms with Crippen molar-refractivity contribution in [1.82, 2.24) is 0 Å². The monoisotopic (exact) mass is 404 g/mol. The van der Waals surface area contributed by atoms with Gasteiger partial charge in [0.25, 0.3) is 0 Å². The first-order valence-corrected chi connectivity index (χ1v) is 10.2. The zero-order valence-corrected chi connectivity index (χ0v) is 17.3. The highest BCUT2D eigenvalue weighted by molar-refractivity contribution is 9.09. The second-order valence-corrected chi connectivity index (χ2v) is 7.64. The summed E-state index contributed by atoms with van der Waals surface area (Å²) in [5.41, 5.74) is 6.49. The van der Waals surface area contributed by atoms with E-state index in [2.05, 4.69) is 67.9 Å². The van der Waals surface area contributed by atoms with Gasteiger partial charge in [-0.2, -0.15) is 0 Å².